The van der Waals surface area contributed by atoms with Gasteiger partial charge in [0.05, 0.1) is 13.2 Å². The highest BCUT2D eigenvalue weighted by atomic mass is 16.6. The molecule has 0 spiro atoms. The molecule has 1 amide bonds. The van der Waals surface area contributed by atoms with Crippen molar-refractivity contribution in [2.75, 3.05) is 47.1 Å². The summed E-state index contributed by atoms with van der Waals surface area (Å²) in [6, 6.07) is 0. The highest BCUT2D eigenvalue weighted by molar-refractivity contribution is 5.79. The van der Waals surface area contributed by atoms with Crippen LogP contribution in [-0.4, -0.2) is 70.1 Å². The van der Waals surface area contributed by atoms with Crippen LogP contribution in [0.25, 0.3) is 0 Å². The fourth-order valence-electron chi connectivity index (χ4n) is 5.38. The van der Waals surface area contributed by atoms with Gasteiger partial charge in [-0.15, -0.1) is 0 Å². The van der Waals surface area contributed by atoms with E-state index in [0.29, 0.717) is 26.4 Å². The lowest BCUT2D eigenvalue weighted by Gasteiger charge is -2.26. The minimum Gasteiger partial charge on any atom is -0.379 e. The molecular weight excluding hydrogens is 524 g/mol. The van der Waals surface area contributed by atoms with Crippen molar-refractivity contribution in [3.8, 4) is 0 Å². The predicted molar refractivity (Wildman–Crippen MR) is 180 cm³/mol. The third kappa shape index (κ3) is 29.4. The van der Waals surface area contributed by atoms with Crippen LogP contribution >= 0.6 is 0 Å². The molecule has 0 saturated heterocycles. The van der Waals surface area contributed by atoms with Crippen LogP contribution in [0.5, 0.6) is 0 Å². The predicted octanol–water partition coefficient (Wildman–Crippen LogP) is 9.22. The van der Waals surface area contributed by atoms with Crippen LogP contribution in [-0.2, 0) is 19.0 Å². The number of ether oxygens (including phenoxy) is 3. The molecule has 6 nitrogen and oxygen atoms in total. The molecular formula is C36H74N2O4. The zero-order valence-corrected chi connectivity index (χ0v) is 28.8. The maximum atomic E-state index is 12.3. The third-order valence-electron chi connectivity index (χ3n) is 8.21. The Morgan fingerprint density at radius 3 is 1.31 bits per heavy atom. The number of primary amides is 1. The van der Waals surface area contributed by atoms with E-state index in [0.717, 1.165) is 25.8 Å². The van der Waals surface area contributed by atoms with Crippen molar-refractivity contribution >= 4 is 5.91 Å². The Morgan fingerprint density at radius 2 is 0.929 bits per heavy atom. The van der Waals surface area contributed by atoms with Crippen molar-refractivity contribution in [1.29, 1.82) is 0 Å². The normalized spacial score (nSPS) is 13.2. The van der Waals surface area contributed by atoms with Crippen LogP contribution in [0.3, 0.4) is 0 Å². The molecule has 0 aliphatic carbocycles. The minimum absolute atomic E-state index is 0.345. The van der Waals surface area contributed by atoms with Gasteiger partial charge in [-0.25, -0.2) is 0 Å². The van der Waals surface area contributed by atoms with E-state index in [9.17, 15) is 4.79 Å². The first-order valence-electron chi connectivity index (χ1n) is 18.3. The first-order valence-corrected chi connectivity index (χ1v) is 18.3. The summed E-state index contributed by atoms with van der Waals surface area (Å²) < 4.78 is 18.0. The number of carbonyl (C=O) groups excluding carboxylic acids is 1. The number of hydrogen-bond donors (Lipinski definition) is 1. The van der Waals surface area contributed by atoms with Crippen LogP contribution < -0.4 is 5.73 Å². The van der Waals surface area contributed by atoms with E-state index in [4.69, 9.17) is 19.9 Å². The molecule has 252 valence electrons. The molecule has 2 N–H and O–H groups in total. The summed E-state index contributed by atoms with van der Waals surface area (Å²) in [5, 5.41) is 0. The molecule has 0 aromatic carbocycles. The smallest absolute Gasteiger partial charge is 0.249 e. The summed E-state index contributed by atoms with van der Waals surface area (Å²) >= 11 is 0. The zero-order valence-electron chi connectivity index (χ0n) is 28.8. The van der Waals surface area contributed by atoms with Crippen molar-refractivity contribution in [3.05, 3.63) is 0 Å². The molecule has 0 bridgehead atoms. The lowest BCUT2D eigenvalue weighted by atomic mass is 10.1. The lowest BCUT2D eigenvalue weighted by molar-refractivity contribution is -0.148. The monoisotopic (exact) mass is 599 g/mol. The van der Waals surface area contributed by atoms with Gasteiger partial charge in [0, 0.05) is 19.8 Å². The highest BCUT2D eigenvalue weighted by Gasteiger charge is 2.28. The summed E-state index contributed by atoms with van der Waals surface area (Å²) in [5.41, 5.74) is 5.76. The van der Waals surface area contributed by atoms with Gasteiger partial charge in [-0.1, -0.05) is 155 Å². The van der Waals surface area contributed by atoms with Gasteiger partial charge in [0.15, 0.2) is 6.10 Å². The second kappa shape index (κ2) is 33.2. The molecule has 6 heteroatoms. The second-order valence-corrected chi connectivity index (χ2v) is 12.8. The molecule has 2 atom stereocenters. The number of amides is 1. The lowest BCUT2D eigenvalue weighted by Crippen LogP contribution is -2.46. The molecule has 0 aliphatic heterocycles. The number of nitrogens with two attached hydrogens (primary N) is 1. The quantitative estimate of drug-likeness (QED) is 0.0736. The topological polar surface area (TPSA) is 74.0 Å². The van der Waals surface area contributed by atoms with E-state index in [-0.39, 0.29) is 0 Å². The Morgan fingerprint density at radius 1 is 0.548 bits per heavy atom. The molecule has 0 saturated carbocycles. The molecule has 0 fully saturated rings. The summed E-state index contributed by atoms with van der Waals surface area (Å²) in [7, 11) is 4.02. The number of likely N-dealkylation sites (N-methyl/N-ethyl adjacent to an activating group) is 1. The maximum Gasteiger partial charge on any atom is 0.249 e. The minimum atomic E-state index is -0.762. The first kappa shape index (κ1) is 41.3. The standard InChI is InChI=1S/C36H74N2O4/c1-5-7-9-11-13-15-17-19-21-23-25-27-30-40-33-34(41-32-29-38(3)4)35(36(37)39)42-31-28-26-24-22-20-18-16-14-12-10-8-6-2/h34-35H,5-33H2,1-4H3,(H2,37,39). The molecule has 0 aliphatic rings. The summed E-state index contributed by atoms with van der Waals surface area (Å²) in [6.45, 7) is 7.42. The van der Waals surface area contributed by atoms with Crippen molar-refractivity contribution in [1.82, 2.24) is 4.90 Å². The largest absolute Gasteiger partial charge is 0.379 e. The van der Waals surface area contributed by atoms with Crippen molar-refractivity contribution in [3.63, 3.8) is 0 Å². The van der Waals surface area contributed by atoms with Crippen LogP contribution in [0.2, 0.25) is 0 Å². The van der Waals surface area contributed by atoms with Crippen LogP contribution in [0, 0.1) is 0 Å². The van der Waals surface area contributed by atoms with Crippen molar-refractivity contribution in [2.45, 2.75) is 180 Å². The van der Waals surface area contributed by atoms with Gasteiger partial charge >= 0.3 is 0 Å². The average Bonchev–Trinajstić information content (AvgIpc) is 2.96. The SMILES string of the molecule is CCCCCCCCCCCCCCOCC(OCCN(C)C)C(OCCCCCCCCCCCCCC)C(N)=O. The third-order valence-corrected chi connectivity index (χ3v) is 8.21. The number of rotatable bonds is 35. The van der Waals surface area contributed by atoms with Gasteiger partial charge < -0.3 is 24.8 Å². The van der Waals surface area contributed by atoms with Gasteiger partial charge in [-0.3, -0.25) is 4.79 Å². The summed E-state index contributed by atoms with van der Waals surface area (Å²) in [6.07, 6.45) is 30.2. The van der Waals surface area contributed by atoms with Crippen LogP contribution in [0.1, 0.15) is 168 Å². The Hall–Kier alpha value is -0.690. The Balaban J connectivity index is 4.08. The zero-order chi connectivity index (χ0) is 30.9. The van der Waals surface area contributed by atoms with Crippen molar-refractivity contribution in [2.24, 2.45) is 5.73 Å². The average molecular weight is 599 g/mol. The number of carbonyl (C=O) groups is 1. The Kier molecular flexibility index (Phi) is 32.7. The first-order chi connectivity index (χ1) is 20.5. The van der Waals surface area contributed by atoms with Gasteiger partial charge in [-0.05, 0) is 26.9 Å². The summed E-state index contributed by atoms with van der Waals surface area (Å²) in [5.74, 6) is -0.460. The molecule has 2 unspecified atom stereocenters. The van der Waals surface area contributed by atoms with Crippen LogP contribution in [0.4, 0.5) is 0 Å². The molecule has 0 heterocycles. The molecule has 0 aromatic rings. The maximum absolute atomic E-state index is 12.3. The van der Waals surface area contributed by atoms with Gasteiger partial charge in [0.1, 0.15) is 6.10 Å². The molecule has 0 radical (unpaired) electrons. The van der Waals surface area contributed by atoms with Gasteiger partial charge in [0.2, 0.25) is 5.91 Å². The van der Waals surface area contributed by atoms with Gasteiger partial charge in [0.25, 0.3) is 0 Å². The molecule has 0 rings (SSSR count). The fraction of sp³-hybridized carbons (Fsp3) is 0.972. The van der Waals surface area contributed by atoms with E-state index in [1.165, 1.54) is 135 Å². The van der Waals surface area contributed by atoms with E-state index < -0.39 is 18.1 Å². The van der Waals surface area contributed by atoms with Crippen LogP contribution in [0.15, 0.2) is 0 Å². The fourth-order valence-corrected chi connectivity index (χ4v) is 5.38. The van der Waals surface area contributed by atoms with Gasteiger partial charge in [-0.2, -0.15) is 0 Å². The van der Waals surface area contributed by atoms with E-state index in [1.807, 2.05) is 14.1 Å². The Labute approximate surface area is 262 Å². The second-order valence-electron chi connectivity index (χ2n) is 12.8. The summed E-state index contributed by atoms with van der Waals surface area (Å²) in [4.78, 5) is 14.4. The van der Waals surface area contributed by atoms with E-state index in [2.05, 4.69) is 18.7 Å². The highest BCUT2D eigenvalue weighted by Crippen LogP contribution is 2.14. The molecule has 42 heavy (non-hydrogen) atoms. The number of nitrogens with zero attached hydrogens (tertiary/aromatic N) is 1. The number of unbranched alkanes of at least 4 members (excludes halogenated alkanes) is 22. The number of hydrogen-bond acceptors (Lipinski definition) is 5. The van der Waals surface area contributed by atoms with Crippen molar-refractivity contribution < 1.29 is 19.0 Å². The Bertz CT molecular complexity index is 546. The molecule has 0 aromatic heterocycles. The van der Waals surface area contributed by atoms with E-state index >= 15 is 0 Å². The van der Waals surface area contributed by atoms with E-state index in [1.54, 1.807) is 0 Å².